The topological polar surface area (TPSA) is 38.5 Å². The van der Waals surface area contributed by atoms with Gasteiger partial charge in [0.15, 0.2) is 0 Å². The molecule has 4 heteroatoms. The Balaban J connectivity index is 2.10. The van der Waals surface area contributed by atoms with Gasteiger partial charge < -0.3 is 10.5 Å². The molecule has 0 aliphatic carbocycles. The molecule has 18 heavy (non-hydrogen) atoms. The van der Waals surface area contributed by atoms with E-state index in [-0.39, 0.29) is 18.0 Å². The van der Waals surface area contributed by atoms with E-state index in [9.17, 15) is 4.39 Å². The van der Waals surface area contributed by atoms with E-state index >= 15 is 0 Å². The molecule has 1 fully saturated rings. The maximum Gasteiger partial charge on any atom is 0.123 e. The second-order valence-electron chi connectivity index (χ2n) is 5.07. The number of benzene rings is 1. The van der Waals surface area contributed by atoms with Crippen LogP contribution in [0.3, 0.4) is 0 Å². The van der Waals surface area contributed by atoms with Crippen molar-refractivity contribution in [3.8, 4) is 0 Å². The standard InChI is InChI=1S/C14H21FN2O/c1-10-7-17(8-11(2)18-10)9-13-5-14(15)4-3-12(13)6-16/h3-5,10-11H,6-9,16H2,1-2H3/t10-,11+. The zero-order chi connectivity index (χ0) is 13.1. The van der Waals surface area contributed by atoms with Crippen molar-refractivity contribution in [2.45, 2.75) is 39.1 Å². The molecule has 1 aromatic rings. The van der Waals surface area contributed by atoms with Crippen LogP contribution in [0.25, 0.3) is 0 Å². The molecular formula is C14H21FN2O. The van der Waals surface area contributed by atoms with Crippen LogP contribution in [0.4, 0.5) is 4.39 Å². The summed E-state index contributed by atoms with van der Waals surface area (Å²) in [6, 6.07) is 4.83. The number of hydrogen-bond acceptors (Lipinski definition) is 3. The molecular weight excluding hydrogens is 231 g/mol. The molecule has 0 amide bonds. The van der Waals surface area contributed by atoms with Gasteiger partial charge in [-0.1, -0.05) is 6.07 Å². The van der Waals surface area contributed by atoms with Gasteiger partial charge in [-0.05, 0) is 37.1 Å². The zero-order valence-electron chi connectivity index (χ0n) is 11.0. The van der Waals surface area contributed by atoms with Gasteiger partial charge >= 0.3 is 0 Å². The van der Waals surface area contributed by atoms with Crippen molar-refractivity contribution in [3.63, 3.8) is 0 Å². The van der Waals surface area contributed by atoms with Crippen LogP contribution < -0.4 is 5.73 Å². The number of ether oxygens (including phenoxy) is 1. The van der Waals surface area contributed by atoms with Gasteiger partial charge in [-0.25, -0.2) is 4.39 Å². The van der Waals surface area contributed by atoms with Gasteiger partial charge in [-0.3, -0.25) is 4.90 Å². The van der Waals surface area contributed by atoms with E-state index in [0.29, 0.717) is 6.54 Å². The summed E-state index contributed by atoms with van der Waals surface area (Å²) in [4.78, 5) is 2.30. The number of nitrogens with two attached hydrogens (primary N) is 1. The van der Waals surface area contributed by atoms with Gasteiger partial charge in [-0.2, -0.15) is 0 Å². The Labute approximate surface area is 108 Å². The molecule has 0 saturated carbocycles. The summed E-state index contributed by atoms with van der Waals surface area (Å²) in [6.45, 7) is 7.08. The lowest BCUT2D eigenvalue weighted by Gasteiger charge is -2.35. The van der Waals surface area contributed by atoms with Crippen LogP contribution in [0.15, 0.2) is 18.2 Å². The van der Waals surface area contributed by atoms with E-state index in [4.69, 9.17) is 10.5 Å². The summed E-state index contributed by atoms with van der Waals surface area (Å²) >= 11 is 0. The Kier molecular flexibility index (Phi) is 4.32. The van der Waals surface area contributed by atoms with E-state index in [0.717, 1.165) is 30.8 Å². The minimum atomic E-state index is -0.198. The van der Waals surface area contributed by atoms with Crippen molar-refractivity contribution >= 4 is 0 Å². The normalized spacial score (nSPS) is 25.3. The van der Waals surface area contributed by atoms with Gasteiger partial charge in [0.05, 0.1) is 12.2 Å². The molecule has 1 saturated heterocycles. The molecule has 1 heterocycles. The molecule has 100 valence electrons. The first-order chi connectivity index (χ1) is 8.58. The summed E-state index contributed by atoms with van der Waals surface area (Å²) < 4.78 is 19.0. The third kappa shape index (κ3) is 3.28. The molecule has 0 bridgehead atoms. The number of halogens is 1. The Morgan fingerprint density at radius 2 is 1.94 bits per heavy atom. The summed E-state index contributed by atoms with van der Waals surface area (Å²) in [5.41, 5.74) is 7.70. The molecule has 0 unspecified atom stereocenters. The highest BCUT2D eigenvalue weighted by Gasteiger charge is 2.22. The predicted octanol–water partition coefficient (Wildman–Crippen LogP) is 1.89. The summed E-state index contributed by atoms with van der Waals surface area (Å²) in [5.74, 6) is -0.198. The Morgan fingerprint density at radius 3 is 2.56 bits per heavy atom. The Hall–Kier alpha value is -0.970. The largest absolute Gasteiger partial charge is 0.373 e. The van der Waals surface area contributed by atoms with Crippen molar-refractivity contribution < 1.29 is 9.13 Å². The highest BCUT2D eigenvalue weighted by atomic mass is 19.1. The van der Waals surface area contributed by atoms with Crippen LogP contribution in [0.2, 0.25) is 0 Å². The predicted molar refractivity (Wildman–Crippen MR) is 69.6 cm³/mol. The van der Waals surface area contributed by atoms with E-state index in [1.54, 1.807) is 12.1 Å². The second kappa shape index (κ2) is 5.78. The third-order valence-electron chi connectivity index (χ3n) is 3.28. The number of hydrogen-bond donors (Lipinski definition) is 1. The smallest absolute Gasteiger partial charge is 0.123 e. The Morgan fingerprint density at radius 1 is 1.28 bits per heavy atom. The molecule has 2 rings (SSSR count). The molecule has 1 aliphatic heterocycles. The molecule has 1 aliphatic rings. The average Bonchev–Trinajstić information content (AvgIpc) is 2.27. The van der Waals surface area contributed by atoms with Crippen LogP contribution in [0.5, 0.6) is 0 Å². The lowest BCUT2D eigenvalue weighted by atomic mass is 10.1. The maximum absolute atomic E-state index is 13.3. The fourth-order valence-electron chi connectivity index (χ4n) is 2.60. The molecule has 0 radical (unpaired) electrons. The van der Waals surface area contributed by atoms with Crippen LogP contribution in [0, 0.1) is 5.82 Å². The quantitative estimate of drug-likeness (QED) is 0.893. The van der Waals surface area contributed by atoms with Crippen molar-refractivity contribution in [2.24, 2.45) is 5.73 Å². The van der Waals surface area contributed by atoms with Crippen LogP contribution in [-0.4, -0.2) is 30.2 Å². The SMILES string of the molecule is C[C@@H]1CN(Cc2cc(F)ccc2CN)C[C@H](C)O1. The van der Waals surface area contributed by atoms with Gasteiger partial charge in [0.1, 0.15) is 5.82 Å². The number of morpholine rings is 1. The monoisotopic (exact) mass is 252 g/mol. The van der Waals surface area contributed by atoms with Gasteiger partial charge in [0.25, 0.3) is 0 Å². The molecule has 1 aromatic carbocycles. The molecule has 0 spiro atoms. The van der Waals surface area contributed by atoms with Crippen LogP contribution in [0.1, 0.15) is 25.0 Å². The summed E-state index contributed by atoms with van der Waals surface area (Å²) in [7, 11) is 0. The first-order valence-corrected chi connectivity index (χ1v) is 6.43. The Bertz CT molecular complexity index is 401. The summed E-state index contributed by atoms with van der Waals surface area (Å²) in [5, 5.41) is 0. The van der Waals surface area contributed by atoms with E-state index in [2.05, 4.69) is 18.7 Å². The molecule has 3 nitrogen and oxygen atoms in total. The van der Waals surface area contributed by atoms with E-state index in [1.165, 1.54) is 6.07 Å². The zero-order valence-corrected chi connectivity index (χ0v) is 11.0. The molecule has 0 aromatic heterocycles. The molecule has 2 N–H and O–H groups in total. The number of nitrogens with zero attached hydrogens (tertiary/aromatic N) is 1. The highest BCUT2D eigenvalue weighted by molar-refractivity contribution is 5.27. The second-order valence-corrected chi connectivity index (χ2v) is 5.07. The van der Waals surface area contributed by atoms with Gasteiger partial charge in [0, 0.05) is 26.2 Å². The fraction of sp³-hybridized carbons (Fsp3) is 0.571. The summed E-state index contributed by atoms with van der Waals surface area (Å²) in [6.07, 6.45) is 0.451. The molecule has 2 atom stereocenters. The van der Waals surface area contributed by atoms with Crippen LogP contribution >= 0.6 is 0 Å². The van der Waals surface area contributed by atoms with Gasteiger partial charge in [0.2, 0.25) is 0 Å². The van der Waals surface area contributed by atoms with Gasteiger partial charge in [-0.15, -0.1) is 0 Å². The highest BCUT2D eigenvalue weighted by Crippen LogP contribution is 2.17. The first-order valence-electron chi connectivity index (χ1n) is 6.43. The van der Waals surface area contributed by atoms with Crippen molar-refractivity contribution in [2.75, 3.05) is 13.1 Å². The minimum absolute atomic E-state index is 0.198. The average molecular weight is 252 g/mol. The fourth-order valence-corrected chi connectivity index (χ4v) is 2.60. The lowest BCUT2D eigenvalue weighted by Crippen LogP contribution is -2.45. The van der Waals surface area contributed by atoms with E-state index < -0.39 is 0 Å². The van der Waals surface area contributed by atoms with Crippen molar-refractivity contribution in [1.82, 2.24) is 4.90 Å². The van der Waals surface area contributed by atoms with Crippen LogP contribution in [-0.2, 0) is 17.8 Å². The third-order valence-corrected chi connectivity index (χ3v) is 3.28. The maximum atomic E-state index is 13.3. The van der Waals surface area contributed by atoms with E-state index in [1.807, 2.05) is 0 Å². The van der Waals surface area contributed by atoms with Crippen molar-refractivity contribution in [1.29, 1.82) is 0 Å². The minimum Gasteiger partial charge on any atom is -0.373 e. The number of rotatable bonds is 3. The van der Waals surface area contributed by atoms with Crippen molar-refractivity contribution in [3.05, 3.63) is 35.1 Å². The first kappa shape index (κ1) is 13.5. The lowest BCUT2D eigenvalue weighted by molar-refractivity contribution is -0.0705.